The number of thioether (sulfide) groups is 1. The smallest absolute Gasteiger partial charge is 0.289 e. The van der Waals surface area contributed by atoms with Gasteiger partial charge in [-0.05, 0) is 23.9 Å². The first-order chi connectivity index (χ1) is 17.0. The third-order valence-corrected chi connectivity index (χ3v) is 9.84. The number of thiophene rings is 1. The fourth-order valence-corrected chi connectivity index (χ4v) is 6.67. The molecule has 0 bridgehead atoms. The van der Waals surface area contributed by atoms with Crippen molar-refractivity contribution in [2.75, 3.05) is 27.2 Å². The van der Waals surface area contributed by atoms with Crippen LogP contribution < -0.4 is 5.73 Å². The van der Waals surface area contributed by atoms with E-state index in [4.69, 9.17) is 11.1 Å². The zero-order chi connectivity index (χ0) is 26.2. The van der Waals surface area contributed by atoms with Crippen LogP contribution in [0.25, 0.3) is 0 Å². The van der Waals surface area contributed by atoms with Crippen LogP contribution in [0.3, 0.4) is 0 Å². The van der Waals surface area contributed by atoms with Crippen molar-refractivity contribution in [3.05, 3.63) is 69.0 Å². The van der Waals surface area contributed by atoms with Gasteiger partial charge in [-0.2, -0.15) is 26.8 Å². The van der Waals surface area contributed by atoms with Gasteiger partial charge in [0.1, 0.15) is 10.9 Å². The number of nitrogens with two attached hydrogens (primary N) is 1. The van der Waals surface area contributed by atoms with E-state index in [1.54, 1.807) is 36.6 Å². The quantitative estimate of drug-likeness (QED) is 0.251. The van der Waals surface area contributed by atoms with Crippen molar-refractivity contribution < 1.29 is 18.0 Å². The Balaban J connectivity index is 1.67. The molecule has 3 N–H and O–H groups in total. The summed E-state index contributed by atoms with van der Waals surface area (Å²) in [5.74, 6) is -0.820. The van der Waals surface area contributed by atoms with Crippen LogP contribution in [0.2, 0.25) is 0 Å². The van der Waals surface area contributed by atoms with E-state index >= 15 is 0 Å². The Bertz CT molecular complexity index is 1410. The lowest BCUT2D eigenvalue weighted by Crippen LogP contribution is -2.38. The Hall–Kier alpha value is -2.84. The highest BCUT2D eigenvalue weighted by atomic mass is 32.2. The summed E-state index contributed by atoms with van der Waals surface area (Å²) in [6, 6.07) is 10.8. The maximum absolute atomic E-state index is 13.3. The van der Waals surface area contributed by atoms with Crippen molar-refractivity contribution in [1.82, 2.24) is 18.4 Å². The average Bonchev–Trinajstić information content (AvgIpc) is 3.57. The summed E-state index contributed by atoms with van der Waals surface area (Å²) in [5.41, 5.74) is 8.20. The van der Waals surface area contributed by atoms with Gasteiger partial charge in [0.25, 0.3) is 16.1 Å². The molecule has 1 fully saturated rings. The molecule has 2 aromatic heterocycles. The van der Waals surface area contributed by atoms with Crippen LogP contribution in [0.15, 0.2) is 46.8 Å². The van der Waals surface area contributed by atoms with Crippen molar-refractivity contribution in [1.29, 1.82) is 5.41 Å². The molecule has 0 amide bonds. The van der Waals surface area contributed by atoms with E-state index in [2.05, 4.69) is 5.10 Å². The van der Waals surface area contributed by atoms with Crippen LogP contribution in [-0.4, -0.2) is 71.5 Å². The lowest BCUT2D eigenvalue weighted by Gasteiger charge is -2.19. The summed E-state index contributed by atoms with van der Waals surface area (Å²) in [7, 11) is -0.915. The van der Waals surface area contributed by atoms with Gasteiger partial charge in [-0.15, -0.1) is 23.1 Å². The Morgan fingerprint density at radius 3 is 2.56 bits per heavy atom. The highest BCUT2D eigenvalue weighted by Crippen LogP contribution is 2.35. The van der Waals surface area contributed by atoms with E-state index in [1.165, 1.54) is 41.9 Å². The number of hydrogen-bond acceptors (Lipinski definition) is 8. The van der Waals surface area contributed by atoms with Crippen molar-refractivity contribution in [2.24, 2.45) is 5.73 Å². The fourth-order valence-electron chi connectivity index (χ4n) is 3.87. The first-order valence-electron chi connectivity index (χ1n) is 10.9. The Morgan fingerprint density at radius 2 is 1.97 bits per heavy atom. The van der Waals surface area contributed by atoms with E-state index < -0.39 is 16.1 Å². The van der Waals surface area contributed by atoms with Crippen molar-refractivity contribution in [3.8, 4) is 0 Å². The first kappa shape index (κ1) is 26.2. The standard InChI is InChI=1S/C23H26N6O4S3/c1-14-20(17-11-28(12-18(17)30)36(32,33)27(2)3)26-29(22(31)19-5-4-10-34-19)23(14)35-13-15-6-8-16(9-7-15)21(24)25/h4-10,17H,11-13H2,1-3H3,(H3,24,25). The molecule has 3 heterocycles. The molecule has 10 nitrogen and oxygen atoms in total. The highest BCUT2D eigenvalue weighted by Gasteiger charge is 2.42. The predicted octanol–water partition coefficient (Wildman–Crippen LogP) is 2.29. The molecule has 0 radical (unpaired) electrons. The van der Waals surface area contributed by atoms with E-state index in [1.807, 2.05) is 12.1 Å². The third kappa shape index (κ3) is 5.02. The topological polar surface area (TPSA) is 142 Å². The molecule has 3 aromatic rings. The Kier molecular flexibility index (Phi) is 7.48. The Labute approximate surface area is 217 Å². The van der Waals surface area contributed by atoms with Gasteiger partial charge in [0, 0.05) is 37.5 Å². The molecule has 0 spiro atoms. The number of rotatable bonds is 8. The van der Waals surface area contributed by atoms with Gasteiger partial charge in [-0.25, -0.2) is 0 Å². The molecule has 1 aromatic carbocycles. The molecule has 13 heteroatoms. The monoisotopic (exact) mass is 546 g/mol. The number of amidine groups is 1. The number of nitrogens with one attached hydrogen (secondary N) is 1. The third-order valence-electron chi connectivity index (χ3n) is 5.89. The number of benzene rings is 1. The molecule has 1 atom stereocenters. The number of ketones is 1. The number of carbonyl (C=O) groups excluding carboxylic acids is 2. The van der Waals surface area contributed by atoms with E-state index in [0.717, 1.165) is 14.2 Å². The summed E-state index contributed by atoms with van der Waals surface area (Å²) in [5, 5.41) is 14.5. The molecule has 36 heavy (non-hydrogen) atoms. The van der Waals surface area contributed by atoms with Gasteiger partial charge in [0.05, 0.1) is 23.0 Å². The molecule has 1 saturated heterocycles. The molecule has 190 valence electrons. The van der Waals surface area contributed by atoms with Crippen LogP contribution in [0.5, 0.6) is 0 Å². The fraction of sp³-hybridized carbons (Fsp3) is 0.304. The van der Waals surface area contributed by atoms with Crippen LogP contribution >= 0.6 is 23.1 Å². The summed E-state index contributed by atoms with van der Waals surface area (Å²) in [6.07, 6.45) is 0. The number of Topliss-reactive ketones (excluding diaryl/α,β-unsaturated/α-hetero) is 1. The number of aromatic nitrogens is 2. The second-order valence-electron chi connectivity index (χ2n) is 8.51. The number of hydrogen-bond donors (Lipinski definition) is 2. The van der Waals surface area contributed by atoms with Gasteiger partial charge in [-0.3, -0.25) is 15.0 Å². The minimum Gasteiger partial charge on any atom is -0.384 e. The van der Waals surface area contributed by atoms with Gasteiger partial charge in [0.2, 0.25) is 0 Å². The predicted molar refractivity (Wildman–Crippen MR) is 140 cm³/mol. The Morgan fingerprint density at radius 1 is 1.28 bits per heavy atom. The molecule has 0 aliphatic carbocycles. The minimum absolute atomic E-state index is 0.0131. The summed E-state index contributed by atoms with van der Waals surface area (Å²) >= 11 is 2.70. The van der Waals surface area contributed by atoms with E-state index in [-0.39, 0.29) is 30.6 Å². The molecular formula is C23H26N6O4S3. The van der Waals surface area contributed by atoms with Crippen molar-refractivity contribution >= 4 is 50.8 Å². The molecular weight excluding hydrogens is 520 g/mol. The largest absolute Gasteiger partial charge is 0.384 e. The molecule has 1 aliphatic heterocycles. The van der Waals surface area contributed by atoms with E-state index in [9.17, 15) is 18.0 Å². The average molecular weight is 547 g/mol. The van der Waals surface area contributed by atoms with Crippen LogP contribution in [0, 0.1) is 12.3 Å². The number of carbonyl (C=O) groups is 2. The van der Waals surface area contributed by atoms with Gasteiger partial charge < -0.3 is 5.73 Å². The SMILES string of the molecule is Cc1c(C2CN(S(=O)(=O)N(C)C)CC2=O)nn(C(=O)c2cccs2)c1SCc1ccc(C(=N)N)cc1. The summed E-state index contributed by atoms with van der Waals surface area (Å²) in [6.45, 7) is 1.54. The molecule has 1 unspecified atom stereocenters. The van der Waals surface area contributed by atoms with Crippen molar-refractivity contribution in [2.45, 2.75) is 23.6 Å². The molecule has 0 saturated carbocycles. The van der Waals surface area contributed by atoms with Gasteiger partial charge >= 0.3 is 0 Å². The van der Waals surface area contributed by atoms with Crippen LogP contribution in [0.4, 0.5) is 0 Å². The normalized spacial score (nSPS) is 16.7. The zero-order valence-electron chi connectivity index (χ0n) is 20.0. The zero-order valence-corrected chi connectivity index (χ0v) is 22.4. The second-order valence-corrected chi connectivity index (χ2v) is 12.6. The molecule has 1 aliphatic rings. The number of nitrogens with zero attached hydrogens (tertiary/aromatic N) is 4. The lowest BCUT2D eigenvalue weighted by molar-refractivity contribution is -0.117. The van der Waals surface area contributed by atoms with Gasteiger partial charge in [0.15, 0.2) is 5.78 Å². The van der Waals surface area contributed by atoms with E-state index in [0.29, 0.717) is 32.5 Å². The highest BCUT2D eigenvalue weighted by molar-refractivity contribution is 7.98. The van der Waals surface area contributed by atoms with Crippen LogP contribution in [0.1, 0.15) is 38.0 Å². The lowest BCUT2D eigenvalue weighted by atomic mass is 10.0. The first-order valence-corrected chi connectivity index (χ1v) is 14.2. The van der Waals surface area contributed by atoms with Crippen LogP contribution in [-0.2, 0) is 20.8 Å². The maximum Gasteiger partial charge on any atom is 0.289 e. The minimum atomic E-state index is -3.76. The second kappa shape index (κ2) is 10.3. The summed E-state index contributed by atoms with van der Waals surface area (Å²) in [4.78, 5) is 26.7. The molecule has 4 rings (SSSR count). The van der Waals surface area contributed by atoms with Gasteiger partial charge in [-0.1, -0.05) is 30.3 Å². The number of nitrogen functional groups attached to an aromatic ring is 1. The van der Waals surface area contributed by atoms with Crippen molar-refractivity contribution in [3.63, 3.8) is 0 Å². The summed E-state index contributed by atoms with van der Waals surface area (Å²) < 4.78 is 28.7. The maximum atomic E-state index is 13.3.